The highest BCUT2D eigenvalue weighted by Crippen LogP contribution is 2.60. The number of amides is 2. The van der Waals surface area contributed by atoms with Crippen molar-refractivity contribution < 1.29 is 31.9 Å². The van der Waals surface area contributed by atoms with Gasteiger partial charge in [0.1, 0.15) is 17.3 Å². The van der Waals surface area contributed by atoms with Crippen molar-refractivity contribution >= 4 is 23.4 Å². The Kier molecular flexibility index (Phi) is 5.07. The molecule has 11 heteroatoms. The van der Waals surface area contributed by atoms with Gasteiger partial charge in [-0.2, -0.15) is 13.2 Å². The molecule has 0 aliphatic heterocycles. The minimum Gasteiger partial charge on any atom is -0.484 e. The highest BCUT2D eigenvalue weighted by molar-refractivity contribution is 6.30. The Labute approximate surface area is 178 Å². The van der Waals surface area contributed by atoms with Gasteiger partial charge in [0, 0.05) is 23.3 Å². The minimum atomic E-state index is -4.57. The highest BCUT2D eigenvalue weighted by Gasteiger charge is 2.69. The van der Waals surface area contributed by atoms with Crippen molar-refractivity contribution in [3.63, 3.8) is 0 Å². The van der Waals surface area contributed by atoms with E-state index in [1.54, 1.807) is 0 Å². The summed E-state index contributed by atoms with van der Waals surface area (Å²) in [7, 11) is 0. The van der Waals surface area contributed by atoms with Crippen molar-refractivity contribution in [3.8, 4) is 5.75 Å². The van der Waals surface area contributed by atoms with Gasteiger partial charge in [-0.05, 0) is 43.5 Å². The molecule has 2 amide bonds. The van der Waals surface area contributed by atoms with E-state index in [2.05, 4.69) is 15.6 Å². The first-order chi connectivity index (χ1) is 14.5. The Morgan fingerprint density at radius 2 is 1.77 bits per heavy atom. The summed E-state index contributed by atoms with van der Waals surface area (Å²) in [5.41, 5.74) is -1.98. The Balaban J connectivity index is 1.24. The standard InChI is InChI=1S/C20H16ClF4N3O3/c21-13-3-2-12(5-14(13)22)31-7-16(29)27-18-8-19(9-18,10-18)28-17(30)11-1-4-15(26-6-11)20(23,24)25/h1-6H,7-10H2,(H,27,29)(H,28,30). The van der Waals surface area contributed by atoms with Crippen LogP contribution in [-0.4, -0.2) is 34.5 Å². The Bertz CT molecular complexity index is 1020. The highest BCUT2D eigenvalue weighted by atomic mass is 35.5. The van der Waals surface area contributed by atoms with Crippen molar-refractivity contribution in [1.82, 2.24) is 15.6 Å². The molecule has 1 aromatic carbocycles. The number of nitrogens with one attached hydrogen (secondary N) is 2. The molecule has 2 N–H and O–H groups in total. The number of alkyl halides is 3. The normalized spacial score (nSPS) is 23.9. The van der Waals surface area contributed by atoms with E-state index in [0.717, 1.165) is 24.4 Å². The summed E-state index contributed by atoms with van der Waals surface area (Å²) in [6, 6.07) is 5.68. The van der Waals surface area contributed by atoms with E-state index in [4.69, 9.17) is 16.3 Å². The van der Waals surface area contributed by atoms with E-state index in [1.165, 1.54) is 12.1 Å². The summed E-state index contributed by atoms with van der Waals surface area (Å²) < 4.78 is 56.3. The summed E-state index contributed by atoms with van der Waals surface area (Å²) in [5.74, 6) is -1.39. The second-order valence-electron chi connectivity index (χ2n) is 7.89. The van der Waals surface area contributed by atoms with Gasteiger partial charge in [0.15, 0.2) is 6.61 Å². The number of carbonyl (C=O) groups is 2. The SMILES string of the molecule is O=C(COc1ccc(Cl)c(F)c1)NC12CC(NC(=O)c3ccc(C(F)(F)F)nc3)(C1)C2. The second kappa shape index (κ2) is 7.37. The molecular formula is C20H16ClF4N3O3. The summed E-state index contributed by atoms with van der Waals surface area (Å²) in [6.45, 7) is -0.306. The number of aromatic nitrogens is 1. The van der Waals surface area contributed by atoms with Gasteiger partial charge in [-0.15, -0.1) is 0 Å². The van der Waals surface area contributed by atoms with Crippen LogP contribution in [0.2, 0.25) is 5.02 Å². The average Bonchev–Trinajstić information content (AvgIpc) is 2.65. The van der Waals surface area contributed by atoms with Gasteiger partial charge in [-0.3, -0.25) is 14.6 Å². The van der Waals surface area contributed by atoms with Crippen LogP contribution < -0.4 is 15.4 Å². The zero-order chi connectivity index (χ0) is 22.4. The second-order valence-corrected chi connectivity index (χ2v) is 8.29. The molecule has 0 unspecified atom stereocenters. The lowest BCUT2D eigenvalue weighted by atomic mass is 9.44. The van der Waals surface area contributed by atoms with Crippen molar-refractivity contribution in [2.45, 2.75) is 36.5 Å². The summed E-state index contributed by atoms with van der Waals surface area (Å²) in [5, 5.41) is 5.60. The minimum absolute atomic E-state index is 0.0272. The fraction of sp³-hybridized carbons (Fsp3) is 0.350. The summed E-state index contributed by atoms with van der Waals surface area (Å²) >= 11 is 5.59. The van der Waals surface area contributed by atoms with E-state index >= 15 is 0 Å². The topological polar surface area (TPSA) is 80.3 Å². The number of pyridine rings is 1. The zero-order valence-corrected chi connectivity index (χ0v) is 16.6. The molecule has 164 valence electrons. The molecule has 5 rings (SSSR count). The van der Waals surface area contributed by atoms with Crippen LogP contribution in [0.15, 0.2) is 36.5 Å². The molecule has 3 fully saturated rings. The van der Waals surface area contributed by atoms with E-state index < -0.39 is 34.7 Å². The number of ether oxygens (including phenoxy) is 1. The first kappa shape index (κ1) is 21.4. The third kappa shape index (κ3) is 4.30. The van der Waals surface area contributed by atoms with Gasteiger partial charge < -0.3 is 15.4 Å². The van der Waals surface area contributed by atoms with Crippen LogP contribution in [0.5, 0.6) is 5.75 Å². The van der Waals surface area contributed by atoms with Gasteiger partial charge in [-0.25, -0.2) is 4.39 Å². The molecule has 0 saturated heterocycles. The van der Waals surface area contributed by atoms with Crippen molar-refractivity contribution in [2.75, 3.05) is 6.61 Å². The van der Waals surface area contributed by atoms with Crippen LogP contribution in [-0.2, 0) is 11.0 Å². The molecule has 3 aliphatic rings. The van der Waals surface area contributed by atoms with Crippen LogP contribution in [0, 0.1) is 5.82 Å². The van der Waals surface area contributed by atoms with Gasteiger partial charge in [-0.1, -0.05) is 11.6 Å². The van der Waals surface area contributed by atoms with Crippen molar-refractivity contribution in [2.24, 2.45) is 0 Å². The van der Waals surface area contributed by atoms with Crippen molar-refractivity contribution in [3.05, 3.63) is 58.6 Å². The Morgan fingerprint density at radius 1 is 1.10 bits per heavy atom. The van der Waals surface area contributed by atoms with Gasteiger partial charge in [0.05, 0.1) is 10.6 Å². The maximum absolute atomic E-state index is 13.4. The van der Waals surface area contributed by atoms with E-state index in [9.17, 15) is 27.2 Å². The molecule has 2 bridgehead atoms. The molecule has 3 aliphatic carbocycles. The van der Waals surface area contributed by atoms with Crippen LogP contribution in [0.25, 0.3) is 0 Å². The summed E-state index contributed by atoms with van der Waals surface area (Å²) in [6.07, 6.45) is -2.18. The predicted molar refractivity (Wildman–Crippen MR) is 101 cm³/mol. The van der Waals surface area contributed by atoms with Crippen LogP contribution in [0.4, 0.5) is 17.6 Å². The molecule has 0 radical (unpaired) electrons. The molecule has 1 aromatic heterocycles. The third-order valence-corrected chi connectivity index (χ3v) is 5.70. The van der Waals surface area contributed by atoms with E-state index in [-0.39, 0.29) is 28.8 Å². The van der Waals surface area contributed by atoms with E-state index in [1.807, 2.05) is 0 Å². The number of hydrogen-bond donors (Lipinski definition) is 2. The zero-order valence-electron chi connectivity index (χ0n) is 15.9. The lowest BCUT2D eigenvalue weighted by molar-refractivity contribution is -0.142. The number of benzene rings is 1. The number of nitrogens with zero attached hydrogens (tertiary/aromatic N) is 1. The van der Waals surface area contributed by atoms with Crippen molar-refractivity contribution in [1.29, 1.82) is 0 Å². The fourth-order valence-electron chi connectivity index (χ4n) is 4.11. The van der Waals surface area contributed by atoms with Crippen LogP contribution in [0.3, 0.4) is 0 Å². The largest absolute Gasteiger partial charge is 0.484 e. The smallest absolute Gasteiger partial charge is 0.433 e. The van der Waals surface area contributed by atoms with Gasteiger partial charge >= 0.3 is 6.18 Å². The third-order valence-electron chi connectivity index (χ3n) is 5.39. The lowest BCUT2D eigenvalue weighted by Gasteiger charge is -2.70. The molecule has 1 heterocycles. The number of halogens is 5. The predicted octanol–water partition coefficient (Wildman–Crippen LogP) is 3.49. The monoisotopic (exact) mass is 457 g/mol. The molecule has 3 saturated carbocycles. The molecule has 31 heavy (non-hydrogen) atoms. The van der Waals surface area contributed by atoms with Crippen LogP contribution >= 0.6 is 11.6 Å². The lowest BCUT2D eigenvalue weighted by Crippen LogP contribution is -2.84. The first-order valence-corrected chi connectivity index (χ1v) is 9.62. The van der Waals surface area contributed by atoms with E-state index in [0.29, 0.717) is 19.3 Å². The number of hydrogen-bond acceptors (Lipinski definition) is 4. The first-order valence-electron chi connectivity index (χ1n) is 9.24. The molecule has 0 spiro atoms. The maximum Gasteiger partial charge on any atom is 0.433 e. The average molecular weight is 458 g/mol. The van der Waals surface area contributed by atoms with Gasteiger partial charge in [0.2, 0.25) is 0 Å². The number of carbonyl (C=O) groups excluding carboxylic acids is 2. The fourth-order valence-corrected chi connectivity index (χ4v) is 4.23. The molecular weight excluding hydrogens is 442 g/mol. The van der Waals surface area contributed by atoms with Crippen LogP contribution in [0.1, 0.15) is 35.3 Å². The molecule has 0 atom stereocenters. The Hall–Kier alpha value is -2.88. The van der Waals surface area contributed by atoms with Gasteiger partial charge in [0.25, 0.3) is 11.8 Å². The maximum atomic E-state index is 13.4. The molecule has 2 aromatic rings. The number of rotatable bonds is 6. The molecule has 6 nitrogen and oxygen atoms in total. The Morgan fingerprint density at radius 3 is 2.35 bits per heavy atom. The quantitative estimate of drug-likeness (QED) is 0.651. The summed E-state index contributed by atoms with van der Waals surface area (Å²) in [4.78, 5) is 27.7.